The van der Waals surface area contributed by atoms with Crippen molar-refractivity contribution in [1.29, 1.82) is 0 Å². The Labute approximate surface area is 177 Å². The number of rotatable bonds is 5. The molecule has 1 atom stereocenters. The van der Waals surface area contributed by atoms with E-state index in [1.165, 1.54) is 32.9 Å². The Balaban J connectivity index is 1.64. The highest BCUT2D eigenvalue weighted by molar-refractivity contribution is 7.17. The van der Waals surface area contributed by atoms with Crippen molar-refractivity contribution in [1.82, 2.24) is 14.3 Å². The summed E-state index contributed by atoms with van der Waals surface area (Å²) >= 11 is 1.42. The van der Waals surface area contributed by atoms with Gasteiger partial charge >= 0.3 is 0 Å². The van der Waals surface area contributed by atoms with Gasteiger partial charge in [0.1, 0.15) is 11.4 Å². The monoisotopic (exact) mass is 421 g/mol. The van der Waals surface area contributed by atoms with Gasteiger partial charge in [0.2, 0.25) is 0 Å². The fraction of sp³-hybridized carbons (Fsp3) is 0.174. The molecule has 2 aromatic heterocycles. The number of fused-ring (bicyclic) bond motifs is 1. The first-order chi connectivity index (χ1) is 14.5. The Kier molecular flexibility index (Phi) is 5.46. The van der Waals surface area contributed by atoms with Crippen LogP contribution in [0.5, 0.6) is 0 Å². The molecule has 152 valence electrons. The molecule has 0 spiro atoms. The third-order valence-electron chi connectivity index (χ3n) is 5.16. The van der Waals surface area contributed by atoms with E-state index in [9.17, 15) is 14.0 Å². The molecule has 0 fully saturated rings. The van der Waals surface area contributed by atoms with Crippen LogP contribution in [0.15, 0.2) is 71.8 Å². The number of nitrogens with zero attached hydrogens (tertiary/aromatic N) is 3. The normalized spacial score (nSPS) is 12.1. The summed E-state index contributed by atoms with van der Waals surface area (Å²) < 4.78 is 15.5. The number of carbonyl (C=O) groups excluding carboxylic acids is 1. The van der Waals surface area contributed by atoms with Gasteiger partial charge in [-0.05, 0) is 18.6 Å². The third kappa shape index (κ3) is 3.76. The first kappa shape index (κ1) is 20.0. The molecule has 1 amide bonds. The summed E-state index contributed by atoms with van der Waals surface area (Å²) in [5.74, 6) is -0.883. The maximum absolute atomic E-state index is 14.1. The van der Waals surface area contributed by atoms with Gasteiger partial charge in [-0.1, -0.05) is 48.5 Å². The predicted octanol–water partition coefficient (Wildman–Crippen LogP) is 4.32. The summed E-state index contributed by atoms with van der Waals surface area (Å²) in [6.07, 6.45) is 3.73. The Morgan fingerprint density at radius 1 is 1.17 bits per heavy atom. The van der Waals surface area contributed by atoms with Gasteiger partial charge in [0, 0.05) is 36.3 Å². The Hall–Kier alpha value is -3.32. The van der Waals surface area contributed by atoms with Crippen molar-refractivity contribution < 1.29 is 9.18 Å². The molecule has 0 aliphatic rings. The van der Waals surface area contributed by atoms with E-state index >= 15 is 0 Å². The van der Waals surface area contributed by atoms with E-state index in [1.54, 1.807) is 38.4 Å². The molecule has 0 aliphatic carbocycles. The van der Waals surface area contributed by atoms with Gasteiger partial charge in [-0.2, -0.15) is 0 Å². The van der Waals surface area contributed by atoms with Crippen LogP contribution in [0.3, 0.4) is 0 Å². The second-order valence-electron chi connectivity index (χ2n) is 7.10. The van der Waals surface area contributed by atoms with Crippen LogP contribution in [0.4, 0.5) is 4.39 Å². The third-order valence-corrected chi connectivity index (χ3v) is 6.16. The standard InChI is InChI=1S/C23H20FN3O2S/c1-15(18-10-6-7-11-20(18)24)26(2)21(28)19-13-25-23-27(22(19)29)14-17(30-23)12-16-8-4-3-5-9-16/h3-11,13-15H,12H2,1-2H3. The molecule has 2 aromatic carbocycles. The quantitative estimate of drug-likeness (QED) is 0.482. The van der Waals surface area contributed by atoms with Crippen molar-refractivity contribution in [2.75, 3.05) is 7.05 Å². The van der Waals surface area contributed by atoms with Crippen LogP contribution in [-0.4, -0.2) is 27.2 Å². The van der Waals surface area contributed by atoms with E-state index < -0.39 is 23.3 Å². The molecular weight excluding hydrogens is 401 g/mol. The first-order valence-electron chi connectivity index (χ1n) is 9.51. The summed E-state index contributed by atoms with van der Waals surface area (Å²) in [6.45, 7) is 1.72. The van der Waals surface area contributed by atoms with Gasteiger partial charge in [0.05, 0.1) is 6.04 Å². The van der Waals surface area contributed by atoms with Crippen LogP contribution >= 0.6 is 11.3 Å². The van der Waals surface area contributed by atoms with Crippen molar-refractivity contribution in [2.45, 2.75) is 19.4 Å². The van der Waals surface area contributed by atoms with Crippen molar-refractivity contribution in [2.24, 2.45) is 0 Å². The summed E-state index contributed by atoms with van der Waals surface area (Å²) in [5, 5.41) is 0. The molecule has 7 heteroatoms. The zero-order valence-corrected chi connectivity index (χ0v) is 17.4. The lowest BCUT2D eigenvalue weighted by Crippen LogP contribution is -2.35. The molecule has 1 unspecified atom stereocenters. The Bertz CT molecular complexity index is 1270. The highest BCUT2D eigenvalue weighted by Gasteiger charge is 2.24. The molecule has 0 aliphatic heterocycles. The minimum Gasteiger partial charge on any atom is -0.335 e. The average molecular weight is 421 g/mol. The van der Waals surface area contributed by atoms with E-state index in [0.29, 0.717) is 16.9 Å². The SMILES string of the molecule is CC(c1ccccc1F)N(C)C(=O)c1cnc2sc(Cc3ccccc3)cn2c1=O. The van der Waals surface area contributed by atoms with E-state index in [1.807, 2.05) is 30.3 Å². The fourth-order valence-corrected chi connectivity index (χ4v) is 4.32. The number of halogens is 1. The van der Waals surface area contributed by atoms with Gasteiger partial charge in [0.15, 0.2) is 4.96 Å². The minimum atomic E-state index is -0.532. The lowest BCUT2D eigenvalue weighted by Gasteiger charge is -2.25. The highest BCUT2D eigenvalue weighted by atomic mass is 32.1. The van der Waals surface area contributed by atoms with Crippen molar-refractivity contribution in [3.05, 3.63) is 105 Å². The Morgan fingerprint density at radius 3 is 2.60 bits per heavy atom. The van der Waals surface area contributed by atoms with Crippen LogP contribution in [0, 0.1) is 5.82 Å². The average Bonchev–Trinajstić information content (AvgIpc) is 3.17. The molecule has 4 aromatic rings. The lowest BCUT2D eigenvalue weighted by atomic mass is 10.1. The topological polar surface area (TPSA) is 54.7 Å². The minimum absolute atomic E-state index is 0.0396. The predicted molar refractivity (Wildman–Crippen MR) is 115 cm³/mol. The number of benzene rings is 2. The molecule has 0 radical (unpaired) electrons. The van der Waals surface area contributed by atoms with Crippen LogP contribution in [0.1, 0.15) is 39.3 Å². The summed E-state index contributed by atoms with van der Waals surface area (Å²) in [4.78, 5) is 33.1. The molecule has 0 saturated carbocycles. The van der Waals surface area contributed by atoms with E-state index in [4.69, 9.17) is 0 Å². The van der Waals surface area contributed by atoms with Crippen molar-refractivity contribution in [3.8, 4) is 0 Å². The number of aromatic nitrogens is 2. The second kappa shape index (κ2) is 8.20. The molecule has 0 saturated heterocycles. The van der Waals surface area contributed by atoms with Crippen molar-refractivity contribution in [3.63, 3.8) is 0 Å². The molecule has 2 heterocycles. The smallest absolute Gasteiger partial charge is 0.271 e. The van der Waals surface area contributed by atoms with Gasteiger partial charge in [-0.25, -0.2) is 9.37 Å². The highest BCUT2D eigenvalue weighted by Crippen LogP contribution is 2.23. The summed E-state index contributed by atoms with van der Waals surface area (Å²) in [5.41, 5.74) is 1.06. The maximum atomic E-state index is 14.1. The molecule has 0 bridgehead atoms. The van der Waals surface area contributed by atoms with Gasteiger partial charge in [-0.15, -0.1) is 11.3 Å². The molecule has 5 nitrogen and oxygen atoms in total. The summed E-state index contributed by atoms with van der Waals surface area (Å²) in [6, 6.07) is 15.7. The zero-order valence-electron chi connectivity index (χ0n) is 16.6. The maximum Gasteiger partial charge on any atom is 0.271 e. The molecular formula is C23H20FN3O2S. The number of carbonyl (C=O) groups is 1. The zero-order chi connectivity index (χ0) is 21.3. The molecule has 30 heavy (non-hydrogen) atoms. The summed E-state index contributed by atoms with van der Waals surface area (Å²) in [7, 11) is 1.56. The number of hydrogen-bond acceptors (Lipinski definition) is 4. The lowest BCUT2D eigenvalue weighted by molar-refractivity contribution is 0.0738. The van der Waals surface area contributed by atoms with Crippen LogP contribution in [0.2, 0.25) is 0 Å². The van der Waals surface area contributed by atoms with Gasteiger partial charge in [-0.3, -0.25) is 14.0 Å². The largest absolute Gasteiger partial charge is 0.335 e. The van der Waals surface area contributed by atoms with Gasteiger partial charge in [0.25, 0.3) is 11.5 Å². The first-order valence-corrected chi connectivity index (χ1v) is 10.3. The van der Waals surface area contributed by atoms with Crippen LogP contribution < -0.4 is 5.56 Å². The number of hydrogen-bond donors (Lipinski definition) is 0. The van der Waals surface area contributed by atoms with Gasteiger partial charge < -0.3 is 4.90 Å². The number of thiazole rings is 1. The van der Waals surface area contributed by atoms with Crippen LogP contribution in [0.25, 0.3) is 4.96 Å². The second-order valence-corrected chi connectivity index (χ2v) is 8.20. The number of amides is 1. The fourth-order valence-electron chi connectivity index (χ4n) is 3.34. The van der Waals surface area contributed by atoms with E-state index in [2.05, 4.69) is 4.98 Å². The molecule has 0 N–H and O–H groups in total. The van der Waals surface area contributed by atoms with Crippen LogP contribution in [-0.2, 0) is 6.42 Å². The van der Waals surface area contributed by atoms with Crippen molar-refractivity contribution >= 4 is 22.2 Å². The Morgan fingerprint density at radius 2 is 1.87 bits per heavy atom. The van der Waals surface area contributed by atoms with E-state index in [-0.39, 0.29) is 5.56 Å². The van der Waals surface area contributed by atoms with E-state index in [0.717, 1.165) is 10.4 Å². The molecule has 4 rings (SSSR count).